The van der Waals surface area contributed by atoms with Gasteiger partial charge in [-0.3, -0.25) is 9.89 Å². The fourth-order valence-corrected chi connectivity index (χ4v) is 2.04. The van der Waals surface area contributed by atoms with Crippen molar-refractivity contribution in [2.24, 2.45) is 0 Å². The number of aryl methyl sites for hydroxylation is 2. The quantitative estimate of drug-likeness (QED) is 0.729. The molecule has 0 aliphatic carbocycles. The number of nitrogens with zero attached hydrogens (tertiary/aromatic N) is 2. The molecule has 0 radical (unpaired) electrons. The summed E-state index contributed by atoms with van der Waals surface area (Å²) in [7, 11) is 0. The second kappa shape index (κ2) is 3.44. The van der Waals surface area contributed by atoms with E-state index in [9.17, 15) is 4.79 Å². The minimum atomic E-state index is 0.330. The molecule has 1 aromatic rings. The van der Waals surface area contributed by atoms with Gasteiger partial charge in [0.15, 0.2) is 5.78 Å². The van der Waals surface area contributed by atoms with Crippen LogP contribution in [0.4, 0.5) is 5.69 Å². The number of rotatable bonds is 1. The molecule has 0 spiro atoms. The zero-order chi connectivity index (χ0) is 10.1. The van der Waals surface area contributed by atoms with E-state index in [0.717, 1.165) is 36.5 Å². The van der Waals surface area contributed by atoms with Crippen LogP contribution in [0.5, 0.6) is 0 Å². The van der Waals surface area contributed by atoms with Crippen LogP contribution in [0.1, 0.15) is 24.2 Å². The number of H-pyrrole nitrogens is 1. The highest BCUT2D eigenvalue weighted by atomic mass is 16.1. The summed E-state index contributed by atoms with van der Waals surface area (Å²) in [5.41, 5.74) is 3.15. The van der Waals surface area contributed by atoms with Crippen LogP contribution in [-0.4, -0.2) is 29.1 Å². The molecule has 1 aliphatic rings. The lowest BCUT2D eigenvalue weighted by molar-refractivity contribution is -0.118. The Balaban J connectivity index is 2.25. The standard InChI is InChI=1S/C10H15N3O/c1-7-10(8(2)12-11-7)13-5-3-4-9(14)6-13/h3-6H2,1-2H3,(H,11,12). The number of carbonyl (C=O) groups excluding carboxylic acids is 1. The molecule has 0 atom stereocenters. The van der Waals surface area contributed by atoms with Crippen LogP contribution in [0.15, 0.2) is 0 Å². The Kier molecular flexibility index (Phi) is 2.27. The maximum Gasteiger partial charge on any atom is 0.152 e. The number of anilines is 1. The van der Waals surface area contributed by atoms with Crippen LogP contribution in [-0.2, 0) is 4.79 Å². The van der Waals surface area contributed by atoms with Crippen molar-refractivity contribution in [3.05, 3.63) is 11.4 Å². The maximum absolute atomic E-state index is 11.3. The lowest BCUT2D eigenvalue weighted by Gasteiger charge is -2.27. The predicted octanol–water partition coefficient (Wildman–Crippen LogP) is 1.20. The highest BCUT2D eigenvalue weighted by Crippen LogP contribution is 2.24. The Labute approximate surface area is 83.3 Å². The molecule has 4 nitrogen and oxygen atoms in total. The molecular weight excluding hydrogens is 178 g/mol. The minimum absolute atomic E-state index is 0.330. The van der Waals surface area contributed by atoms with Gasteiger partial charge in [0.05, 0.1) is 23.6 Å². The molecule has 1 fully saturated rings. The fourth-order valence-electron chi connectivity index (χ4n) is 2.04. The topological polar surface area (TPSA) is 49.0 Å². The molecule has 2 heterocycles. The number of Topliss-reactive ketones (excluding diaryl/α,β-unsaturated/α-hetero) is 1. The normalized spacial score (nSPS) is 17.6. The van der Waals surface area contributed by atoms with Gasteiger partial charge in [-0.25, -0.2) is 0 Å². The molecule has 0 amide bonds. The zero-order valence-electron chi connectivity index (χ0n) is 8.63. The average Bonchev–Trinajstić information content (AvgIpc) is 2.46. The third-order valence-corrected chi connectivity index (χ3v) is 2.66. The summed E-state index contributed by atoms with van der Waals surface area (Å²) in [4.78, 5) is 13.4. The third-order valence-electron chi connectivity index (χ3n) is 2.66. The molecule has 14 heavy (non-hydrogen) atoms. The Morgan fingerprint density at radius 3 is 2.79 bits per heavy atom. The number of aromatic amines is 1. The van der Waals surface area contributed by atoms with E-state index in [1.54, 1.807) is 0 Å². The van der Waals surface area contributed by atoms with Gasteiger partial charge in [-0.15, -0.1) is 0 Å². The average molecular weight is 193 g/mol. The molecule has 1 aromatic heterocycles. The summed E-state index contributed by atoms with van der Waals surface area (Å²) in [6, 6.07) is 0. The first-order chi connectivity index (χ1) is 6.68. The Bertz CT molecular complexity index is 337. The summed E-state index contributed by atoms with van der Waals surface area (Å²) in [5, 5.41) is 7.08. The smallest absolute Gasteiger partial charge is 0.152 e. The Hall–Kier alpha value is -1.32. The molecule has 0 unspecified atom stereocenters. The first kappa shape index (κ1) is 9.24. The first-order valence-corrected chi connectivity index (χ1v) is 4.96. The molecule has 0 saturated carbocycles. The third kappa shape index (κ3) is 1.52. The van der Waals surface area contributed by atoms with Crippen molar-refractivity contribution in [2.45, 2.75) is 26.7 Å². The summed E-state index contributed by atoms with van der Waals surface area (Å²) < 4.78 is 0. The lowest BCUT2D eigenvalue weighted by atomic mass is 10.1. The molecule has 0 bridgehead atoms. The van der Waals surface area contributed by atoms with Gasteiger partial charge in [0.2, 0.25) is 0 Å². The van der Waals surface area contributed by atoms with E-state index in [1.165, 1.54) is 0 Å². The number of aromatic nitrogens is 2. The Morgan fingerprint density at radius 2 is 2.21 bits per heavy atom. The van der Waals surface area contributed by atoms with E-state index in [1.807, 2.05) is 13.8 Å². The molecule has 0 aromatic carbocycles. The van der Waals surface area contributed by atoms with E-state index in [4.69, 9.17) is 0 Å². The van der Waals surface area contributed by atoms with Gasteiger partial charge in [-0.2, -0.15) is 5.10 Å². The number of hydrogen-bond donors (Lipinski definition) is 1. The number of piperidine rings is 1. The van der Waals surface area contributed by atoms with Gasteiger partial charge in [-0.05, 0) is 20.3 Å². The van der Waals surface area contributed by atoms with Crippen LogP contribution >= 0.6 is 0 Å². The SMILES string of the molecule is Cc1n[nH]c(C)c1N1CCCC(=O)C1. The van der Waals surface area contributed by atoms with Crippen LogP contribution in [0.2, 0.25) is 0 Å². The van der Waals surface area contributed by atoms with Crippen molar-refractivity contribution in [3.8, 4) is 0 Å². The first-order valence-electron chi connectivity index (χ1n) is 4.96. The molecule has 76 valence electrons. The van der Waals surface area contributed by atoms with Crippen molar-refractivity contribution in [1.82, 2.24) is 10.2 Å². The number of ketones is 1. The van der Waals surface area contributed by atoms with Gasteiger partial charge < -0.3 is 4.90 Å². The van der Waals surface area contributed by atoms with Crippen LogP contribution < -0.4 is 4.90 Å². The highest BCUT2D eigenvalue weighted by molar-refractivity contribution is 5.85. The maximum atomic E-state index is 11.3. The van der Waals surface area contributed by atoms with Crippen LogP contribution in [0, 0.1) is 13.8 Å². The van der Waals surface area contributed by atoms with E-state index < -0.39 is 0 Å². The largest absolute Gasteiger partial charge is 0.361 e. The highest BCUT2D eigenvalue weighted by Gasteiger charge is 2.21. The van der Waals surface area contributed by atoms with E-state index in [0.29, 0.717) is 12.3 Å². The lowest BCUT2D eigenvalue weighted by Crippen LogP contribution is -2.36. The van der Waals surface area contributed by atoms with E-state index >= 15 is 0 Å². The van der Waals surface area contributed by atoms with Crippen molar-refractivity contribution >= 4 is 11.5 Å². The molecule has 1 saturated heterocycles. The van der Waals surface area contributed by atoms with Crippen molar-refractivity contribution in [1.29, 1.82) is 0 Å². The van der Waals surface area contributed by atoms with Crippen LogP contribution in [0.3, 0.4) is 0 Å². The fraction of sp³-hybridized carbons (Fsp3) is 0.600. The second-order valence-corrected chi connectivity index (χ2v) is 3.85. The number of nitrogens with one attached hydrogen (secondary N) is 1. The number of hydrogen-bond acceptors (Lipinski definition) is 3. The predicted molar refractivity (Wildman–Crippen MR) is 54.5 cm³/mol. The molecule has 4 heteroatoms. The van der Waals surface area contributed by atoms with Crippen molar-refractivity contribution in [2.75, 3.05) is 18.0 Å². The molecule has 1 aliphatic heterocycles. The summed E-state index contributed by atoms with van der Waals surface area (Å²) in [6.07, 6.45) is 1.69. The second-order valence-electron chi connectivity index (χ2n) is 3.85. The zero-order valence-corrected chi connectivity index (χ0v) is 8.63. The number of carbonyl (C=O) groups is 1. The summed E-state index contributed by atoms with van der Waals surface area (Å²) in [5.74, 6) is 0.330. The molecular formula is C10H15N3O. The monoisotopic (exact) mass is 193 g/mol. The van der Waals surface area contributed by atoms with Crippen LogP contribution in [0.25, 0.3) is 0 Å². The van der Waals surface area contributed by atoms with Gasteiger partial charge in [0.1, 0.15) is 0 Å². The van der Waals surface area contributed by atoms with E-state index in [-0.39, 0.29) is 0 Å². The van der Waals surface area contributed by atoms with Gasteiger partial charge in [0.25, 0.3) is 0 Å². The Morgan fingerprint density at radius 1 is 1.43 bits per heavy atom. The summed E-state index contributed by atoms with van der Waals surface area (Å²) in [6.45, 7) is 5.47. The van der Waals surface area contributed by atoms with Crippen molar-refractivity contribution in [3.63, 3.8) is 0 Å². The van der Waals surface area contributed by atoms with E-state index in [2.05, 4.69) is 15.1 Å². The summed E-state index contributed by atoms with van der Waals surface area (Å²) >= 11 is 0. The minimum Gasteiger partial charge on any atom is -0.361 e. The molecule has 2 rings (SSSR count). The molecule has 1 N–H and O–H groups in total. The van der Waals surface area contributed by atoms with Gasteiger partial charge >= 0.3 is 0 Å². The van der Waals surface area contributed by atoms with Gasteiger partial charge in [0, 0.05) is 13.0 Å². The van der Waals surface area contributed by atoms with Crippen molar-refractivity contribution < 1.29 is 4.79 Å². The van der Waals surface area contributed by atoms with Gasteiger partial charge in [-0.1, -0.05) is 0 Å².